The Morgan fingerprint density at radius 2 is 1.72 bits per heavy atom. The zero-order chi connectivity index (χ0) is 16.8. The van der Waals surface area contributed by atoms with Gasteiger partial charge in [0.15, 0.2) is 0 Å². The van der Waals surface area contributed by atoms with Crippen molar-refractivity contribution in [3.05, 3.63) is 72.2 Å². The van der Waals surface area contributed by atoms with Crippen molar-refractivity contribution in [1.29, 1.82) is 0 Å². The van der Waals surface area contributed by atoms with Crippen molar-refractivity contribution in [1.82, 2.24) is 19.7 Å². The molecule has 0 spiro atoms. The minimum atomic E-state index is 0.523. The van der Waals surface area contributed by atoms with Crippen LogP contribution in [-0.4, -0.2) is 19.7 Å². The van der Waals surface area contributed by atoms with Crippen molar-refractivity contribution in [3.63, 3.8) is 0 Å². The van der Waals surface area contributed by atoms with E-state index >= 15 is 0 Å². The Hall–Kier alpha value is -3.01. The predicted molar refractivity (Wildman–Crippen MR) is 98.8 cm³/mol. The molecule has 0 radical (unpaired) electrons. The van der Waals surface area contributed by atoms with Crippen LogP contribution in [0.2, 0.25) is 0 Å². The third kappa shape index (κ3) is 2.50. The highest BCUT2D eigenvalue weighted by Gasteiger charge is 2.28. The maximum absolute atomic E-state index is 4.89. The number of para-hydroxylation sites is 1. The summed E-state index contributed by atoms with van der Waals surface area (Å²) >= 11 is 0. The van der Waals surface area contributed by atoms with Gasteiger partial charge in [0.25, 0.3) is 0 Å². The van der Waals surface area contributed by atoms with Gasteiger partial charge < -0.3 is 0 Å². The number of rotatable bonds is 3. The van der Waals surface area contributed by atoms with Crippen LogP contribution < -0.4 is 0 Å². The van der Waals surface area contributed by atoms with E-state index in [-0.39, 0.29) is 0 Å². The largest absolute Gasteiger partial charge is 0.239 e. The molecular weight excluding hydrogens is 308 g/mol. The van der Waals surface area contributed by atoms with E-state index in [1.807, 2.05) is 29.1 Å². The normalized spacial score (nSPS) is 14.1. The van der Waals surface area contributed by atoms with E-state index in [1.165, 1.54) is 18.4 Å². The third-order valence-electron chi connectivity index (χ3n) is 4.71. The molecular formula is C21H18N4. The van der Waals surface area contributed by atoms with Gasteiger partial charge in [-0.2, -0.15) is 5.10 Å². The van der Waals surface area contributed by atoms with Crippen LogP contribution in [0, 0.1) is 6.92 Å². The minimum absolute atomic E-state index is 0.523. The van der Waals surface area contributed by atoms with E-state index in [9.17, 15) is 0 Å². The van der Waals surface area contributed by atoms with E-state index < -0.39 is 0 Å². The molecule has 0 atom stereocenters. The summed E-state index contributed by atoms with van der Waals surface area (Å²) in [7, 11) is 0. The highest BCUT2D eigenvalue weighted by atomic mass is 15.3. The van der Waals surface area contributed by atoms with E-state index in [0.29, 0.717) is 5.92 Å². The molecule has 0 bridgehead atoms. The van der Waals surface area contributed by atoms with E-state index in [4.69, 9.17) is 10.1 Å². The van der Waals surface area contributed by atoms with Crippen molar-refractivity contribution in [2.45, 2.75) is 25.7 Å². The van der Waals surface area contributed by atoms with Crippen LogP contribution in [0.25, 0.3) is 28.0 Å². The molecule has 4 heteroatoms. The molecule has 2 heterocycles. The molecule has 2 aromatic heterocycles. The first-order valence-corrected chi connectivity index (χ1v) is 8.68. The third-order valence-corrected chi connectivity index (χ3v) is 4.71. The smallest absolute Gasteiger partial charge is 0.132 e. The van der Waals surface area contributed by atoms with Crippen molar-refractivity contribution in [3.8, 4) is 16.9 Å². The first-order chi connectivity index (χ1) is 12.3. The molecule has 2 aromatic carbocycles. The number of hydrogen-bond donors (Lipinski definition) is 0. The molecule has 0 N–H and O–H groups in total. The number of fused-ring (bicyclic) bond motifs is 1. The van der Waals surface area contributed by atoms with Crippen molar-refractivity contribution < 1.29 is 0 Å². The highest BCUT2D eigenvalue weighted by Crippen LogP contribution is 2.39. The summed E-state index contributed by atoms with van der Waals surface area (Å²) in [5.41, 5.74) is 6.15. The molecule has 1 saturated carbocycles. The summed E-state index contributed by atoms with van der Waals surface area (Å²) in [4.78, 5) is 9.49. The second-order valence-corrected chi connectivity index (χ2v) is 6.70. The lowest BCUT2D eigenvalue weighted by Gasteiger charge is -2.02. The Bertz CT molecular complexity index is 1040. The fraction of sp³-hybridized carbons (Fsp3) is 0.190. The Kier molecular flexibility index (Phi) is 3.17. The monoisotopic (exact) mass is 326 g/mol. The Morgan fingerprint density at radius 3 is 2.44 bits per heavy atom. The van der Waals surface area contributed by atoms with Gasteiger partial charge in [0.2, 0.25) is 0 Å². The lowest BCUT2D eigenvalue weighted by Crippen LogP contribution is -1.97. The topological polar surface area (TPSA) is 43.6 Å². The second kappa shape index (κ2) is 5.52. The second-order valence-electron chi connectivity index (χ2n) is 6.70. The molecule has 0 aliphatic heterocycles. The van der Waals surface area contributed by atoms with Crippen LogP contribution in [-0.2, 0) is 0 Å². The van der Waals surface area contributed by atoms with Crippen LogP contribution in [0.1, 0.15) is 30.1 Å². The molecule has 1 fully saturated rings. The summed E-state index contributed by atoms with van der Waals surface area (Å²) < 4.78 is 1.95. The summed E-state index contributed by atoms with van der Waals surface area (Å²) in [6.07, 6.45) is 4.31. The maximum atomic E-state index is 4.89. The maximum Gasteiger partial charge on any atom is 0.132 e. The summed E-state index contributed by atoms with van der Waals surface area (Å²) in [5.74, 6) is 1.48. The van der Waals surface area contributed by atoms with Crippen LogP contribution in [0.15, 0.2) is 60.8 Å². The molecule has 0 saturated heterocycles. The summed E-state index contributed by atoms with van der Waals surface area (Å²) in [6, 6.07) is 18.6. The van der Waals surface area contributed by atoms with Gasteiger partial charge in [0.1, 0.15) is 22.6 Å². The molecule has 1 aliphatic carbocycles. The molecule has 4 aromatic rings. The van der Waals surface area contributed by atoms with Gasteiger partial charge in [-0.3, -0.25) is 0 Å². The average Bonchev–Trinajstić information content (AvgIpc) is 3.44. The van der Waals surface area contributed by atoms with E-state index in [2.05, 4.69) is 48.3 Å². The number of aryl methyl sites for hydroxylation is 1. The van der Waals surface area contributed by atoms with Crippen molar-refractivity contribution in [2.24, 2.45) is 0 Å². The van der Waals surface area contributed by atoms with Crippen LogP contribution in [0.4, 0.5) is 0 Å². The molecule has 1 aliphatic rings. The summed E-state index contributed by atoms with van der Waals surface area (Å²) in [5, 5.41) is 4.89. The molecule has 122 valence electrons. The van der Waals surface area contributed by atoms with Gasteiger partial charge in [-0.05, 0) is 31.9 Å². The summed E-state index contributed by atoms with van der Waals surface area (Å²) in [6.45, 7) is 2.10. The number of hydrogen-bond acceptors (Lipinski definition) is 3. The van der Waals surface area contributed by atoms with Gasteiger partial charge >= 0.3 is 0 Å². The van der Waals surface area contributed by atoms with Crippen LogP contribution in [0.5, 0.6) is 0 Å². The van der Waals surface area contributed by atoms with Crippen molar-refractivity contribution >= 4 is 11.0 Å². The Balaban J connectivity index is 1.77. The van der Waals surface area contributed by atoms with Crippen molar-refractivity contribution in [2.75, 3.05) is 0 Å². The average molecular weight is 326 g/mol. The zero-order valence-corrected chi connectivity index (χ0v) is 14.1. The van der Waals surface area contributed by atoms with E-state index in [1.54, 1.807) is 0 Å². The number of nitrogens with zero attached hydrogens (tertiary/aromatic N) is 4. The van der Waals surface area contributed by atoms with E-state index in [0.717, 1.165) is 33.8 Å². The molecule has 5 rings (SSSR count). The SMILES string of the molecule is Cc1ccc(-c2nn(-c3ccccc3)c3cnc(C4CC4)nc23)cc1. The highest BCUT2D eigenvalue weighted by molar-refractivity contribution is 5.90. The lowest BCUT2D eigenvalue weighted by molar-refractivity contribution is 0.905. The van der Waals surface area contributed by atoms with Gasteiger partial charge in [0.05, 0.1) is 11.9 Å². The predicted octanol–water partition coefficient (Wildman–Crippen LogP) is 4.67. The molecule has 0 unspecified atom stereocenters. The minimum Gasteiger partial charge on any atom is -0.239 e. The van der Waals surface area contributed by atoms with Gasteiger partial charge in [-0.25, -0.2) is 14.6 Å². The fourth-order valence-corrected chi connectivity index (χ4v) is 3.13. The first kappa shape index (κ1) is 14.3. The fourth-order valence-electron chi connectivity index (χ4n) is 3.13. The number of benzene rings is 2. The van der Waals surface area contributed by atoms with Crippen LogP contribution >= 0.6 is 0 Å². The van der Waals surface area contributed by atoms with Crippen LogP contribution in [0.3, 0.4) is 0 Å². The Morgan fingerprint density at radius 1 is 0.960 bits per heavy atom. The van der Waals surface area contributed by atoms with Gasteiger partial charge in [-0.1, -0.05) is 48.0 Å². The molecule has 25 heavy (non-hydrogen) atoms. The standard InChI is InChI=1S/C21H18N4/c1-14-7-9-15(10-8-14)19-20-18(13-22-21(23-20)16-11-12-16)25(24-19)17-5-3-2-4-6-17/h2-10,13,16H,11-12H2,1H3. The van der Waals surface area contributed by atoms with Gasteiger partial charge in [0, 0.05) is 11.5 Å². The Labute approximate surface area is 146 Å². The first-order valence-electron chi connectivity index (χ1n) is 8.68. The molecule has 0 amide bonds. The molecule has 4 nitrogen and oxygen atoms in total. The quantitative estimate of drug-likeness (QED) is 0.549. The number of aromatic nitrogens is 4. The lowest BCUT2D eigenvalue weighted by atomic mass is 10.1. The zero-order valence-electron chi connectivity index (χ0n) is 14.1. The van der Waals surface area contributed by atoms with Gasteiger partial charge in [-0.15, -0.1) is 0 Å².